The Hall–Kier alpha value is -3.75. The number of aliphatic hydroxyl groups is 7. The minimum atomic E-state index is -2.03. The van der Waals surface area contributed by atoms with Crippen LogP contribution >= 0.6 is 0 Å². The molecule has 3 heterocycles. The van der Waals surface area contributed by atoms with Gasteiger partial charge in [-0.15, -0.1) is 0 Å². The van der Waals surface area contributed by atoms with E-state index in [4.69, 9.17) is 23.4 Å². The zero-order valence-corrected chi connectivity index (χ0v) is 22.4. The Balaban J connectivity index is 1.47. The summed E-state index contributed by atoms with van der Waals surface area (Å²) in [4.78, 5) is 13.5. The number of hydrogen-bond donors (Lipinski definition) is 9. The SMILES string of the molecule is O=c1c(O[C@@H]2O[C@H](CO[C@@H]3O[C@H](CO)[C@@H](O)[C@H](O)[C@H]3O)[C@@H](O)[C@H](O)[C@H]2O)c(-c2ccc([O-])c(O)c2)oc2cc(O)cc([O-])c12. The van der Waals surface area contributed by atoms with Gasteiger partial charge in [0.25, 0.3) is 0 Å². The molecule has 240 valence electrons. The maximum atomic E-state index is 13.5. The largest absolute Gasteiger partial charge is 0.872 e. The number of phenols is 2. The standard InChI is InChI=1S/C27H30O17/c28-6-14-17(33)20(36)22(38)26(42-14)40-7-15-18(34)21(37)23(39)27(43-15)44-25-19(35)16-12(32)4-9(29)5-13(16)41-24(25)8-1-2-10(30)11(31)3-8/h1-5,14-15,17-18,20-23,26-34,36-39H,6-7H2/p-2/t14-,15-,17-,18-,20+,21+,22-,23-,26-,27+/m1/s1. The van der Waals surface area contributed by atoms with Crippen LogP contribution in [0, 0.1) is 0 Å². The predicted octanol–water partition coefficient (Wildman–Crippen LogP) is -3.98. The van der Waals surface area contributed by atoms with Gasteiger partial charge in [0.1, 0.15) is 65.9 Å². The number of fused-ring (bicyclic) bond motifs is 1. The lowest BCUT2D eigenvalue weighted by Gasteiger charge is -2.42. The molecule has 0 saturated carbocycles. The second kappa shape index (κ2) is 12.3. The van der Waals surface area contributed by atoms with E-state index in [1.54, 1.807) is 0 Å². The third-order valence-corrected chi connectivity index (χ3v) is 7.30. The van der Waals surface area contributed by atoms with Crippen molar-refractivity contribution in [1.82, 2.24) is 0 Å². The Kier molecular flexibility index (Phi) is 8.87. The Labute approximate surface area is 246 Å². The van der Waals surface area contributed by atoms with Crippen molar-refractivity contribution >= 4 is 11.0 Å². The minimum Gasteiger partial charge on any atom is -0.872 e. The third kappa shape index (κ3) is 5.73. The molecule has 2 aliphatic heterocycles. The Morgan fingerprint density at radius 2 is 1.41 bits per heavy atom. The number of hydrogen-bond acceptors (Lipinski definition) is 17. The van der Waals surface area contributed by atoms with E-state index in [9.17, 15) is 61.0 Å². The van der Waals surface area contributed by atoms with Gasteiger partial charge >= 0.3 is 0 Å². The lowest BCUT2D eigenvalue weighted by molar-refractivity contribution is -0.323. The Morgan fingerprint density at radius 1 is 0.773 bits per heavy atom. The summed E-state index contributed by atoms with van der Waals surface area (Å²) in [7, 11) is 0. The van der Waals surface area contributed by atoms with E-state index < -0.39 is 120 Å². The van der Waals surface area contributed by atoms with Gasteiger partial charge in [-0.05, 0) is 12.1 Å². The fraction of sp³-hybridized carbons (Fsp3) is 0.444. The van der Waals surface area contributed by atoms with Crippen molar-refractivity contribution in [3.8, 4) is 40.1 Å². The molecular weight excluding hydrogens is 596 g/mol. The highest BCUT2D eigenvalue weighted by atomic mass is 16.7. The maximum Gasteiger partial charge on any atom is 0.234 e. The monoisotopic (exact) mass is 624 g/mol. The van der Waals surface area contributed by atoms with E-state index in [1.807, 2.05) is 0 Å². The molecule has 0 unspecified atom stereocenters. The molecule has 2 fully saturated rings. The van der Waals surface area contributed by atoms with Crippen molar-refractivity contribution in [3.63, 3.8) is 0 Å². The summed E-state index contributed by atoms with van der Waals surface area (Å²) in [5.74, 6) is -4.27. The van der Waals surface area contributed by atoms with E-state index in [-0.39, 0.29) is 11.1 Å². The second-order valence-corrected chi connectivity index (χ2v) is 10.3. The molecule has 9 N–H and O–H groups in total. The van der Waals surface area contributed by atoms with Crippen LogP contribution in [0.1, 0.15) is 0 Å². The number of ether oxygens (including phenoxy) is 4. The summed E-state index contributed by atoms with van der Waals surface area (Å²) in [5.41, 5.74) is -1.62. The summed E-state index contributed by atoms with van der Waals surface area (Å²) < 4.78 is 27.4. The summed E-state index contributed by atoms with van der Waals surface area (Å²) in [6, 6.07) is 4.71. The smallest absolute Gasteiger partial charge is 0.234 e. The Bertz CT molecular complexity index is 1560. The first-order valence-electron chi connectivity index (χ1n) is 13.1. The fourth-order valence-electron chi connectivity index (χ4n) is 4.87. The molecule has 10 atom stereocenters. The van der Waals surface area contributed by atoms with Crippen molar-refractivity contribution in [2.45, 2.75) is 61.4 Å². The van der Waals surface area contributed by atoms with Crippen molar-refractivity contribution in [2.24, 2.45) is 0 Å². The highest BCUT2D eigenvalue weighted by Gasteiger charge is 2.48. The lowest BCUT2D eigenvalue weighted by atomic mass is 9.98. The van der Waals surface area contributed by atoms with Crippen LogP contribution in [0.25, 0.3) is 22.3 Å². The van der Waals surface area contributed by atoms with Crippen LogP contribution in [0.2, 0.25) is 0 Å². The molecule has 17 nitrogen and oxygen atoms in total. The van der Waals surface area contributed by atoms with Crippen LogP contribution in [-0.2, 0) is 14.2 Å². The van der Waals surface area contributed by atoms with Crippen LogP contribution < -0.4 is 20.4 Å². The van der Waals surface area contributed by atoms with Gasteiger partial charge in [-0.3, -0.25) is 4.79 Å². The minimum absolute atomic E-state index is 0.111. The average Bonchev–Trinajstić information content (AvgIpc) is 2.98. The molecular formula is C27H28O17-2. The van der Waals surface area contributed by atoms with Crippen LogP contribution in [0.3, 0.4) is 0 Å². The number of aromatic hydroxyl groups is 2. The Morgan fingerprint density at radius 3 is 2.07 bits per heavy atom. The van der Waals surface area contributed by atoms with E-state index in [1.165, 1.54) is 0 Å². The van der Waals surface area contributed by atoms with Gasteiger partial charge in [-0.1, -0.05) is 23.6 Å². The van der Waals surface area contributed by atoms with Crippen molar-refractivity contribution in [2.75, 3.05) is 13.2 Å². The first-order valence-corrected chi connectivity index (χ1v) is 13.1. The first kappa shape index (κ1) is 31.7. The average molecular weight is 625 g/mol. The fourth-order valence-corrected chi connectivity index (χ4v) is 4.87. The van der Waals surface area contributed by atoms with Crippen molar-refractivity contribution < 1.29 is 79.5 Å². The van der Waals surface area contributed by atoms with Gasteiger partial charge in [0.2, 0.25) is 17.5 Å². The van der Waals surface area contributed by atoms with Crippen LogP contribution in [-0.4, -0.2) is 121 Å². The quantitative estimate of drug-likeness (QED) is 0.121. The van der Waals surface area contributed by atoms with E-state index in [0.29, 0.717) is 0 Å². The summed E-state index contributed by atoms with van der Waals surface area (Å²) in [6.07, 6.45) is -17.6. The molecule has 0 radical (unpaired) electrons. The molecule has 3 aromatic rings. The molecule has 2 aliphatic rings. The normalized spacial score (nSPS) is 32.5. The van der Waals surface area contributed by atoms with Crippen LogP contribution in [0.5, 0.6) is 28.7 Å². The van der Waals surface area contributed by atoms with Crippen LogP contribution in [0.15, 0.2) is 39.5 Å². The van der Waals surface area contributed by atoms with Gasteiger partial charge < -0.3 is 79.5 Å². The molecule has 2 aromatic carbocycles. The van der Waals surface area contributed by atoms with E-state index >= 15 is 0 Å². The summed E-state index contributed by atoms with van der Waals surface area (Å²) >= 11 is 0. The topological polar surface area (TPSA) is 295 Å². The van der Waals surface area contributed by atoms with Gasteiger partial charge in [0, 0.05) is 11.6 Å². The first-order chi connectivity index (χ1) is 20.8. The maximum absolute atomic E-state index is 13.5. The number of benzene rings is 2. The summed E-state index contributed by atoms with van der Waals surface area (Å²) in [6.45, 7) is -1.44. The van der Waals surface area contributed by atoms with Crippen LogP contribution in [0.4, 0.5) is 0 Å². The van der Waals surface area contributed by atoms with Gasteiger partial charge in [-0.25, -0.2) is 0 Å². The summed E-state index contributed by atoms with van der Waals surface area (Å²) in [5, 5.41) is 115. The van der Waals surface area contributed by atoms with Crippen molar-refractivity contribution in [3.05, 3.63) is 40.6 Å². The third-order valence-electron chi connectivity index (χ3n) is 7.30. The number of phenolic OH excluding ortho intramolecular Hbond substituents is 2. The molecule has 0 amide bonds. The lowest BCUT2D eigenvalue weighted by Crippen LogP contribution is -2.62. The van der Waals surface area contributed by atoms with E-state index in [2.05, 4.69) is 0 Å². The molecule has 1 aromatic heterocycles. The molecule has 0 aliphatic carbocycles. The second-order valence-electron chi connectivity index (χ2n) is 10.3. The zero-order chi connectivity index (χ0) is 32.0. The molecule has 0 spiro atoms. The number of rotatable bonds is 7. The highest BCUT2D eigenvalue weighted by molar-refractivity contribution is 5.88. The predicted molar refractivity (Wildman–Crippen MR) is 137 cm³/mol. The molecule has 17 heteroatoms. The highest BCUT2D eigenvalue weighted by Crippen LogP contribution is 2.38. The van der Waals surface area contributed by atoms with Gasteiger partial charge in [-0.2, -0.15) is 0 Å². The van der Waals surface area contributed by atoms with Gasteiger partial charge in [0.05, 0.1) is 18.6 Å². The van der Waals surface area contributed by atoms with Crippen molar-refractivity contribution in [1.29, 1.82) is 0 Å². The molecule has 2 saturated heterocycles. The van der Waals surface area contributed by atoms with Gasteiger partial charge in [0.15, 0.2) is 12.1 Å². The number of aliphatic hydroxyl groups excluding tert-OH is 7. The molecule has 5 rings (SSSR count). The molecule has 44 heavy (non-hydrogen) atoms. The zero-order valence-electron chi connectivity index (χ0n) is 22.4. The molecule has 0 bridgehead atoms. The van der Waals surface area contributed by atoms with E-state index in [0.717, 1.165) is 30.3 Å².